The average Bonchev–Trinajstić information content (AvgIpc) is 3.23. The molecule has 1 heterocycles. The van der Waals surface area contributed by atoms with E-state index in [2.05, 4.69) is 77.4 Å². The fraction of sp³-hybridized carbons (Fsp3) is 0.653. The van der Waals surface area contributed by atoms with Gasteiger partial charge >= 0.3 is 0 Å². The molecule has 1 aromatic rings. The summed E-state index contributed by atoms with van der Waals surface area (Å²) < 4.78 is 0. The lowest BCUT2D eigenvalue weighted by molar-refractivity contribution is 0.0834. The second-order valence-electron chi connectivity index (χ2n) is 18.3. The van der Waals surface area contributed by atoms with Crippen LogP contribution >= 0.6 is 0 Å². The smallest absolute Gasteiger partial charge is 0.0840 e. The van der Waals surface area contributed by atoms with Gasteiger partial charge in [0.2, 0.25) is 0 Å². The van der Waals surface area contributed by atoms with Crippen molar-refractivity contribution in [3.05, 3.63) is 94.1 Å². The van der Waals surface area contributed by atoms with Crippen LogP contribution in [-0.4, -0.2) is 12.1 Å². The molecule has 2 saturated carbocycles. The Labute approximate surface area is 315 Å². The number of nitriles is 1. The normalized spacial score (nSPS) is 39.7. The van der Waals surface area contributed by atoms with Gasteiger partial charge in [0.1, 0.15) is 0 Å². The Kier molecular flexibility index (Phi) is 10.8. The zero-order valence-electron chi connectivity index (χ0n) is 31.9. The molecular weight excluding hydrogens is 631 g/mol. The zero-order chi connectivity index (χ0) is 34.9. The van der Waals surface area contributed by atoms with Crippen molar-refractivity contribution in [2.75, 3.05) is 0 Å². The van der Waals surface area contributed by atoms with Gasteiger partial charge in [-0.25, -0.2) is 0 Å². The number of nitrogens with zero attached hydrogens (tertiary/aromatic N) is 1. The highest BCUT2D eigenvalue weighted by molar-refractivity contribution is 5.34. The molecule has 7 aliphatic carbocycles. The van der Waals surface area contributed by atoms with Crippen molar-refractivity contribution in [3.8, 4) is 6.07 Å². The Hall–Kier alpha value is -2.67. The molecule has 1 saturated heterocycles. The zero-order valence-corrected chi connectivity index (χ0v) is 31.9. The van der Waals surface area contributed by atoms with Crippen molar-refractivity contribution >= 4 is 0 Å². The highest BCUT2D eigenvalue weighted by Gasteiger charge is 2.47. The van der Waals surface area contributed by atoms with Crippen LogP contribution in [-0.2, 0) is 0 Å². The molecule has 0 bridgehead atoms. The topological polar surface area (TPSA) is 47.9 Å². The summed E-state index contributed by atoms with van der Waals surface area (Å²) in [6, 6.07) is 15.0. The lowest BCUT2D eigenvalue weighted by atomic mass is 9.57. The third-order valence-corrected chi connectivity index (χ3v) is 15.8. The molecule has 3 fully saturated rings. The van der Waals surface area contributed by atoms with Crippen molar-refractivity contribution in [1.82, 2.24) is 10.6 Å². The number of allylic oxidation sites excluding steroid dienone is 9. The third kappa shape index (κ3) is 6.90. The molecule has 3 nitrogen and oxygen atoms in total. The van der Waals surface area contributed by atoms with Crippen LogP contribution in [0.15, 0.2) is 88.6 Å². The predicted octanol–water partition coefficient (Wildman–Crippen LogP) is 12.0. The fourth-order valence-electron chi connectivity index (χ4n) is 13.5. The minimum Gasteiger partial charge on any atom is -0.294 e. The Morgan fingerprint density at radius 2 is 1.35 bits per heavy atom. The number of rotatable bonds is 6. The third-order valence-electron chi connectivity index (χ3n) is 15.8. The van der Waals surface area contributed by atoms with Gasteiger partial charge in [-0.3, -0.25) is 10.6 Å². The van der Waals surface area contributed by atoms with Crippen LogP contribution in [0.25, 0.3) is 0 Å². The largest absolute Gasteiger partial charge is 0.294 e. The van der Waals surface area contributed by atoms with Gasteiger partial charge in [0.05, 0.1) is 18.2 Å². The van der Waals surface area contributed by atoms with Crippen molar-refractivity contribution in [2.45, 2.75) is 153 Å². The first-order valence-corrected chi connectivity index (χ1v) is 22.2. The first kappa shape index (κ1) is 35.1. The van der Waals surface area contributed by atoms with E-state index in [0.717, 1.165) is 36.0 Å². The number of hydrogen-bond donors (Lipinski definition) is 2. The van der Waals surface area contributed by atoms with Gasteiger partial charge in [0.25, 0.3) is 0 Å². The summed E-state index contributed by atoms with van der Waals surface area (Å²) in [4.78, 5) is 0. The molecule has 3 heteroatoms. The Bertz CT molecular complexity index is 1610. The molecule has 276 valence electrons. The van der Waals surface area contributed by atoms with Crippen LogP contribution in [0.5, 0.6) is 0 Å². The summed E-state index contributed by atoms with van der Waals surface area (Å²) in [6.07, 6.45) is 40.3. The van der Waals surface area contributed by atoms with Crippen molar-refractivity contribution in [2.24, 2.45) is 47.3 Å². The van der Waals surface area contributed by atoms with Gasteiger partial charge in [-0.05, 0) is 175 Å². The molecule has 0 aromatic heterocycles. The second-order valence-corrected chi connectivity index (χ2v) is 18.3. The van der Waals surface area contributed by atoms with Crippen LogP contribution in [0.4, 0.5) is 0 Å². The minimum atomic E-state index is 0.218. The maximum atomic E-state index is 10.0. The van der Waals surface area contributed by atoms with Crippen molar-refractivity contribution in [1.29, 1.82) is 5.26 Å². The average molecular weight is 696 g/mol. The molecule has 1 aromatic carbocycles. The Morgan fingerprint density at radius 1 is 0.596 bits per heavy atom. The summed E-state index contributed by atoms with van der Waals surface area (Å²) >= 11 is 0. The van der Waals surface area contributed by atoms with E-state index >= 15 is 0 Å². The van der Waals surface area contributed by atoms with E-state index in [-0.39, 0.29) is 12.1 Å². The van der Waals surface area contributed by atoms with Gasteiger partial charge in [-0.1, -0.05) is 89.4 Å². The molecule has 2 N–H and O–H groups in total. The molecule has 52 heavy (non-hydrogen) atoms. The molecule has 1 aliphatic heterocycles. The van der Waals surface area contributed by atoms with Crippen LogP contribution in [0.2, 0.25) is 0 Å². The van der Waals surface area contributed by atoms with Crippen LogP contribution in [0.1, 0.15) is 147 Å². The van der Waals surface area contributed by atoms with Crippen LogP contribution in [0, 0.1) is 58.7 Å². The summed E-state index contributed by atoms with van der Waals surface area (Å²) in [6.45, 7) is 0. The molecular formula is C49H65N3. The molecule has 0 amide bonds. The highest BCUT2D eigenvalue weighted by atomic mass is 15.2. The highest BCUT2D eigenvalue weighted by Crippen LogP contribution is 2.55. The molecule has 9 unspecified atom stereocenters. The first-order valence-electron chi connectivity index (χ1n) is 22.2. The van der Waals surface area contributed by atoms with E-state index in [0.29, 0.717) is 23.9 Å². The Morgan fingerprint density at radius 3 is 2.10 bits per heavy atom. The van der Waals surface area contributed by atoms with Gasteiger partial charge in [-0.2, -0.15) is 5.26 Å². The second kappa shape index (κ2) is 16.0. The van der Waals surface area contributed by atoms with Gasteiger partial charge in [0.15, 0.2) is 0 Å². The summed E-state index contributed by atoms with van der Waals surface area (Å²) in [7, 11) is 0. The maximum absolute atomic E-state index is 10.0. The lowest BCUT2D eigenvalue weighted by Gasteiger charge is -2.52. The molecule has 0 radical (unpaired) electrons. The van der Waals surface area contributed by atoms with Crippen molar-refractivity contribution in [3.63, 3.8) is 0 Å². The summed E-state index contributed by atoms with van der Waals surface area (Å²) in [5, 5.41) is 18.6. The number of nitrogens with one attached hydrogen (secondary N) is 2. The molecule has 9 rings (SSSR count). The van der Waals surface area contributed by atoms with Gasteiger partial charge < -0.3 is 0 Å². The SMILES string of the molecule is N#CC1CCC(C2CCC(C3CCC(C4NC(c5ccccc5)NC(C5CC=CCC5)C4C4=CCCC=C4)CC3)=C3CCCCC32)C2=C1CCCC2. The number of hydrogen-bond acceptors (Lipinski definition) is 3. The minimum absolute atomic E-state index is 0.218. The molecule has 9 atom stereocenters. The van der Waals surface area contributed by atoms with E-state index in [1.54, 1.807) is 16.7 Å². The van der Waals surface area contributed by atoms with E-state index in [4.69, 9.17) is 0 Å². The lowest BCUT2D eigenvalue weighted by Crippen LogP contribution is -2.63. The van der Waals surface area contributed by atoms with Gasteiger partial charge in [0, 0.05) is 18.0 Å². The van der Waals surface area contributed by atoms with E-state index < -0.39 is 0 Å². The Balaban J connectivity index is 0.965. The summed E-state index contributed by atoms with van der Waals surface area (Å²) in [5.41, 5.74) is 10.3. The van der Waals surface area contributed by atoms with E-state index in [1.807, 2.05) is 11.1 Å². The quantitative estimate of drug-likeness (QED) is 0.291. The maximum Gasteiger partial charge on any atom is 0.0840 e. The monoisotopic (exact) mass is 696 g/mol. The predicted molar refractivity (Wildman–Crippen MR) is 214 cm³/mol. The van der Waals surface area contributed by atoms with Gasteiger partial charge in [-0.15, -0.1) is 0 Å². The van der Waals surface area contributed by atoms with Crippen LogP contribution < -0.4 is 10.6 Å². The van der Waals surface area contributed by atoms with E-state index in [1.165, 1.54) is 134 Å². The first-order chi connectivity index (χ1) is 25.8. The summed E-state index contributed by atoms with van der Waals surface area (Å²) in [5.74, 6) is 5.42. The number of fused-ring (bicyclic) bond motifs is 1. The molecule has 8 aliphatic rings. The van der Waals surface area contributed by atoms with Crippen molar-refractivity contribution < 1.29 is 0 Å². The number of benzene rings is 1. The fourth-order valence-corrected chi connectivity index (χ4v) is 13.5. The molecule has 0 spiro atoms. The van der Waals surface area contributed by atoms with E-state index in [9.17, 15) is 5.26 Å². The van der Waals surface area contributed by atoms with Crippen LogP contribution in [0.3, 0.4) is 0 Å². The standard InChI is InChI=1S/C49H65N3/c50-32-38-28-29-44(41-21-11-10-20-39(38)41)45-31-30-40(42-22-12-13-23-43(42)45)33-24-26-36(27-25-33)48-46(34-14-4-1-5-15-34)47(35-16-6-2-7-17-35)51-49(52-48)37-18-8-3-9-19-37/h2-4,6,8-9,14-15,18-19,33,35-36,38,43-49,51-52H,1,5,7,10-13,16-17,20-31H2.